The Kier molecular flexibility index (Phi) is 4.18. The monoisotopic (exact) mass is 400 g/mol. The van der Waals surface area contributed by atoms with Gasteiger partial charge in [-0.1, -0.05) is 46.3 Å². The number of esters is 1. The van der Waals surface area contributed by atoms with E-state index in [1.54, 1.807) is 12.2 Å². The number of rotatable bonds is 1. The van der Waals surface area contributed by atoms with Gasteiger partial charge in [-0.05, 0) is 41.7 Å². The van der Waals surface area contributed by atoms with Gasteiger partial charge in [-0.3, -0.25) is 14.4 Å². The minimum absolute atomic E-state index is 0.0138. The number of carbonyl (C=O) groups excluding carboxylic acids is 3. The molecule has 2 saturated carbocycles. The number of fused-ring (bicyclic) bond motifs is 5. The molecule has 0 heterocycles. The van der Waals surface area contributed by atoms with Crippen LogP contribution in [0.15, 0.2) is 23.8 Å². The molecule has 1 N–H and O–H groups in total. The maximum atomic E-state index is 12.7. The molecule has 1 unspecified atom stereocenters. The van der Waals surface area contributed by atoms with Gasteiger partial charge in [0.1, 0.15) is 6.10 Å². The number of aliphatic hydroxyl groups is 1. The molecular weight excluding hydrogens is 368 g/mol. The van der Waals surface area contributed by atoms with Crippen LogP contribution in [-0.4, -0.2) is 34.9 Å². The van der Waals surface area contributed by atoms with E-state index in [9.17, 15) is 19.5 Å². The molecule has 158 valence electrons. The van der Waals surface area contributed by atoms with E-state index in [4.69, 9.17) is 4.74 Å². The Morgan fingerprint density at radius 1 is 1.17 bits per heavy atom. The minimum atomic E-state index is -1.01. The summed E-state index contributed by atoms with van der Waals surface area (Å²) in [6.45, 7) is 11.4. The molecule has 0 aromatic heterocycles. The summed E-state index contributed by atoms with van der Waals surface area (Å²) in [5, 5.41) is 11.6. The van der Waals surface area contributed by atoms with E-state index in [1.165, 1.54) is 6.92 Å². The quantitative estimate of drug-likeness (QED) is 0.683. The van der Waals surface area contributed by atoms with Crippen LogP contribution in [0.5, 0.6) is 0 Å². The molecule has 4 rings (SSSR count). The largest absolute Gasteiger partial charge is 0.459 e. The fourth-order valence-electron chi connectivity index (χ4n) is 7.69. The van der Waals surface area contributed by atoms with Crippen molar-refractivity contribution >= 4 is 17.5 Å². The number of hydrogen-bond donors (Lipinski definition) is 1. The Balaban J connectivity index is 1.97. The molecule has 0 aromatic carbocycles. The van der Waals surface area contributed by atoms with Crippen LogP contribution < -0.4 is 0 Å². The van der Waals surface area contributed by atoms with Crippen LogP contribution in [0.1, 0.15) is 60.8 Å². The average Bonchev–Trinajstić information content (AvgIpc) is 2.90. The maximum Gasteiger partial charge on any atom is 0.303 e. The summed E-state index contributed by atoms with van der Waals surface area (Å²) in [4.78, 5) is 37.3. The van der Waals surface area contributed by atoms with E-state index < -0.39 is 34.4 Å². The van der Waals surface area contributed by atoms with Crippen LogP contribution in [0.3, 0.4) is 0 Å². The lowest BCUT2D eigenvalue weighted by Gasteiger charge is -2.67. The second-order valence-corrected chi connectivity index (χ2v) is 10.9. The molecule has 7 atom stereocenters. The van der Waals surface area contributed by atoms with E-state index in [1.807, 2.05) is 19.9 Å². The number of carbonyl (C=O) groups is 3. The molecule has 2 fully saturated rings. The second kappa shape index (κ2) is 5.90. The first-order chi connectivity index (χ1) is 13.3. The fourth-order valence-corrected chi connectivity index (χ4v) is 7.69. The molecule has 5 heteroatoms. The predicted molar refractivity (Wildman–Crippen MR) is 108 cm³/mol. The summed E-state index contributed by atoms with van der Waals surface area (Å²) >= 11 is 0. The van der Waals surface area contributed by atoms with Crippen molar-refractivity contribution in [2.45, 2.75) is 73.0 Å². The highest BCUT2D eigenvalue weighted by atomic mass is 16.6. The number of ether oxygens (including phenoxy) is 1. The van der Waals surface area contributed by atoms with Crippen LogP contribution in [0.4, 0.5) is 0 Å². The lowest BCUT2D eigenvalue weighted by atomic mass is 9.38. The highest BCUT2D eigenvalue weighted by Crippen LogP contribution is 2.70. The summed E-state index contributed by atoms with van der Waals surface area (Å²) < 4.78 is 5.81. The summed E-state index contributed by atoms with van der Waals surface area (Å²) in [7, 11) is 0. The van der Waals surface area contributed by atoms with Gasteiger partial charge in [0.05, 0.1) is 6.10 Å². The summed E-state index contributed by atoms with van der Waals surface area (Å²) in [5.41, 5.74) is -1.16. The van der Waals surface area contributed by atoms with Crippen molar-refractivity contribution in [3.63, 3.8) is 0 Å². The normalized spacial score (nSPS) is 47.8. The molecular formula is C24H32O5. The van der Waals surface area contributed by atoms with Crippen molar-refractivity contribution < 1.29 is 24.2 Å². The van der Waals surface area contributed by atoms with Gasteiger partial charge in [0.25, 0.3) is 0 Å². The lowest BCUT2D eigenvalue weighted by molar-refractivity contribution is -0.228. The molecule has 0 spiro atoms. The van der Waals surface area contributed by atoms with Crippen LogP contribution in [0, 0.1) is 33.5 Å². The highest BCUT2D eigenvalue weighted by Gasteiger charge is 2.71. The molecule has 0 saturated heterocycles. The summed E-state index contributed by atoms with van der Waals surface area (Å²) in [6.07, 6.45) is 5.77. The van der Waals surface area contributed by atoms with Crippen LogP contribution in [0.25, 0.3) is 0 Å². The van der Waals surface area contributed by atoms with Crippen molar-refractivity contribution in [3.8, 4) is 0 Å². The standard InChI is InChI=1S/C24H32O5/c1-13(25)29-20-18(28)19-21(2,3)17(27)8-10-23(19,5)15-7-9-22(4)12-14(26)11-16(22)24(15,20)6/h8,10-11,15,18-20,28H,7,9,12H2,1-6H3/t15-,18-,19?,20-,22+,23-,24-/m1/s1. The van der Waals surface area contributed by atoms with E-state index in [2.05, 4.69) is 20.8 Å². The molecule has 0 aromatic rings. The molecule has 4 aliphatic rings. The van der Waals surface area contributed by atoms with Crippen molar-refractivity contribution in [1.82, 2.24) is 0 Å². The van der Waals surface area contributed by atoms with Gasteiger partial charge in [-0.25, -0.2) is 0 Å². The third-order valence-corrected chi connectivity index (χ3v) is 8.77. The van der Waals surface area contributed by atoms with Gasteiger partial charge in [0.2, 0.25) is 0 Å². The first-order valence-corrected chi connectivity index (χ1v) is 10.6. The Labute approximate surface area is 172 Å². The summed E-state index contributed by atoms with van der Waals surface area (Å²) in [6, 6.07) is 0. The first kappa shape index (κ1) is 20.5. The number of hydrogen-bond acceptors (Lipinski definition) is 5. The van der Waals surface area contributed by atoms with Crippen molar-refractivity contribution in [2.75, 3.05) is 0 Å². The topological polar surface area (TPSA) is 80.7 Å². The molecule has 0 radical (unpaired) electrons. The van der Waals surface area contributed by atoms with Crippen molar-refractivity contribution in [3.05, 3.63) is 23.8 Å². The highest BCUT2D eigenvalue weighted by molar-refractivity contribution is 5.96. The van der Waals surface area contributed by atoms with Crippen LogP contribution in [-0.2, 0) is 19.1 Å². The SMILES string of the molecule is CC(=O)O[C@@H]1[C@H](O)C2C(C)(C)C(=O)C=C[C@]2(C)[C@H]2CC[C@@]3(C)CC(=O)C=C3[C@]12C. The smallest absolute Gasteiger partial charge is 0.303 e. The molecule has 0 bridgehead atoms. The van der Waals surface area contributed by atoms with E-state index in [-0.39, 0.29) is 28.8 Å². The zero-order chi connectivity index (χ0) is 21.6. The molecule has 0 amide bonds. The van der Waals surface area contributed by atoms with E-state index >= 15 is 0 Å². The van der Waals surface area contributed by atoms with E-state index in [0.29, 0.717) is 6.42 Å². The molecule has 5 nitrogen and oxygen atoms in total. The number of allylic oxidation sites excluding steroid dienone is 3. The molecule has 4 aliphatic carbocycles. The van der Waals surface area contributed by atoms with Crippen molar-refractivity contribution in [2.24, 2.45) is 33.5 Å². The van der Waals surface area contributed by atoms with Gasteiger partial charge in [-0.15, -0.1) is 0 Å². The summed E-state index contributed by atoms with van der Waals surface area (Å²) in [5.74, 6) is -0.702. The van der Waals surface area contributed by atoms with Crippen LogP contribution in [0.2, 0.25) is 0 Å². The fraction of sp³-hybridized carbons (Fsp3) is 0.708. The Hall–Kier alpha value is -1.75. The van der Waals surface area contributed by atoms with Gasteiger partial charge < -0.3 is 9.84 Å². The lowest BCUT2D eigenvalue weighted by Crippen LogP contribution is -2.69. The second-order valence-electron chi connectivity index (χ2n) is 10.9. The minimum Gasteiger partial charge on any atom is -0.459 e. The zero-order valence-corrected chi connectivity index (χ0v) is 18.2. The van der Waals surface area contributed by atoms with Gasteiger partial charge >= 0.3 is 5.97 Å². The zero-order valence-electron chi connectivity index (χ0n) is 18.2. The number of aliphatic hydroxyl groups excluding tert-OH is 1. The third kappa shape index (κ3) is 2.46. The molecule has 0 aliphatic heterocycles. The molecule has 29 heavy (non-hydrogen) atoms. The van der Waals surface area contributed by atoms with Crippen molar-refractivity contribution in [1.29, 1.82) is 0 Å². The average molecular weight is 401 g/mol. The first-order valence-electron chi connectivity index (χ1n) is 10.6. The number of ketones is 2. The van der Waals surface area contributed by atoms with Gasteiger partial charge in [-0.2, -0.15) is 0 Å². The Morgan fingerprint density at radius 2 is 1.83 bits per heavy atom. The Bertz CT molecular complexity index is 866. The van der Waals surface area contributed by atoms with Gasteiger partial charge in [0, 0.05) is 30.1 Å². The van der Waals surface area contributed by atoms with E-state index in [0.717, 1.165) is 18.4 Å². The third-order valence-electron chi connectivity index (χ3n) is 8.77. The predicted octanol–water partition coefficient (Wildman–Crippen LogP) is 3.40. The Morgan fingerprint density at radius 3 is 2.45 bits per heavy atom. The van der Waals surface area contributed by atoms with Crippen LogP contribution >= 0.6 is 0 Å². The maximum absolute atomic E-state index is 12.7. The van der Waals surface area contributed by atoms with Gasteiger partial charge in [0.15, 0.2) is 11.6 Å².